The minimum Gasteiger partial charge on any atom is -0.494 e. The van der Waals surface area contributed by atoms with Crippen molar-refractivity contribution >= 4 is 0 Å². The largest absolute Gasteiger partial charge is 0.494 e. The van der Waals surface area contributed by atoms with Crippen LogP contribution >= 0.6 is 0 Å². The summed E-state index contributed by atoms with van der Waals surface area (Å²) in [5.41, 5.74) is 1.40. The van der Waals surface area contributed by atoms with E-state index in [9.17, 15) is 0 Å². The van der Waals surface area contributed by atoms with E-state index in [-0.39, 0.29) is 0 Å². The van der Waals surface area contributed by atoms with Crippen LogP contribution in [-0.2, 0) is 0 Å². The maximum Gasteiger partial charge on any atom is 0.119 e. The monoisotopic (exact) mass is 259 g/mol. The molecule has 0 aromatic heterocycles. The van der Waals surface area contributed by atoms with Gasteiger partial charge in [-0.25, -0.2) is 0 Å². The number of benzene rings is 1. The third-order valence-corrected chi connectivity index (χ3v) is 4.70. The highest BCUT2D eigenvalue weighted by Crippen LogP contribution is 2.57. The van der Waals surface area contributed by atoms with Crippen LogP contribution in [0, 0.1) is 17.8 Å². The highest BCUT2D eigenvalue weighted by atomic mass is 16.5. The van der Waals surface area contributed by atoms with Crippen molar-refractivity contribution in [3.8, 4) is 5.75 Å². The van der Waals surface area contributed by atoms with E-state index in [1.54, 1.807) is 0 Å². The highest BCUT2D eigenvalue weighted by molar-refractivity contribution is 5.31. The van der Waals surface area contributed by atoms with Crippen molar-refractivity contribution in [1.82, 2.24) is 5.32 Å². The summed E-state index contributed by atoms with van der Waals surface area (Å²) in [6.45, 7) is 6.02. The van der Waals surface area contributed by atoms with Gasteiger partial charge in [0.15, 0.2) is 0 Å². The van der Waals surface area contributed by atoms with Crippen LogP contribution in [0.2, 0.25) is 0 Å². The van der Waals surface area contributed by atoms with Crippen LogP contribution in [-0.4, -0.2) is 13.2 Å². The first-order valence-corrected chi connectivity index (χ1v) is 7.78. The molecule has 0 heterocycles. The molecule has 0 aliphatic heterocycles. The van der Waals surface area contributed by atoms with Crippen LogP contribution in [0.4, 0.5) is 0 Å². The normalized spacial score (nSPS) is 29.9. The molecule has 2 aliphatic carbocycles. The number of hydrogen-bond donors (Lipinski definition) is 1. The van der Waals surface area contributed by atoms with E-state index in [0.29, 0.717) is 6.04 Å². The number of ether oxygens (including phenoxy) is 1. The Kier molecular flexibility index (Phi) is 3.79. The highest BCUT2D eigenvalue weighted by Gasteiger charge is 2.47. The molecule has 2 heteroatoms. The summed E-state index contributed by atoms with van der Waals surface area (Å²) in [6.07, 6.45) is 4.33. The molecule has 2 aliphatic rings. The molecule has 104 valence electrons. The second-order valence-electron chi connectivity index (χ2n) is 6.03. The van der Waals surface area contributed by atoms with Gasteiger partial charge < -0.3 is 10.1 Å². The van der Waals surface area contributed by atoms with E-state index in [1.165, 1.54) is 24.8 Å². The zero-order valence-corrected chi connectivity index (χ0v) is 12.1. The fourth-order valence-electron chi connectivity index (χ4n) is 3.77. The fourth-order valence-corrected chi connectivity index (χ4v) is 3.77. The van der Waals surface area contributed by atoms with Crippen molar-refractivity contribution in [3.63, 3.8) is 0 Å². The Morgan fingerprint density at radius 1 is 1.21 bits per heavy atom. The van der Waals surface area contributed by atoms with Crippen LogP contribution in [0.5, 0.6) is 5.75 Å². The van der Waals surface area contributed by atoms with Gasteiger partial charge in [0.1, 0.15) is 5.75 Å². The second kappa shape index (κ2) is 5.54. The van der Waals surface area contributed by atoms with E-state index in [1.807, 2.05) is 6.92 Å². The first kappa shape index (κ1) is 13.0. The van der Waals surface area contributed by atoms with Crippen LogP contribution in [0.15, 0.2) is 24.3 Å². The molecule has 0 spiro atoms. The number of hydrogen-bond acceptors (Lipinski definition) is 2. The predicted octanol–water partition coefficient (Wildman–Crippen LogP) is 3.78. The van der Waals surface area contributed by atoms with Gasteiger partial charge in [-0.3, -0.25) is 0 Å². The van der Waals surface area contributed by atoms with Crippen LogP contribution in [0.1, 0.15) is 44.7 Å². The molecule has 0 radical (unpaired) electrons. The SMILES string of the molecule is CCNC(c1cccc(OCC)c1)C1CC2CC2C1. The quantitative estimate of drug-likeness (QED) is 0.839. The van der Waals surface area contributed by atoms with Gasteiger partial charge in [0, 0.05) is 6.04 Å². The van der Waals surface area contributed by atoms with E-state index < -0.39 is 0 Å². The van der Waals surface area contributed by atoms with Crippen molar-refractivity contribution in [2.75, 3.05) is 13.2 Å². The Morgan fingerprint density at radius 2 is 2.00 bits per heavy atom. The number of nitrogens with one attached hydrogen (secondary N) is 1. The molecular formula is C17H25NO. The molecule has 0 amide bonds. The lowest BCUT2D eigenvalue weighted by Crippen LogP contribution is -2.27. The van der Waals surface area contributed by atoms with Gasteiger partial charge in [0.2, 0.25) is 0 Å². The fraction of sp³-hybridized carbons (Fsp3) is 0.647. The average Bonchev–Trinajstić information content (AvgIpc) is 3.03. The molecule has 1 N–H and O–H groups in total. The Hall–Kier alpha value is -1.02. The van der Waals surface area contributed by atoms with Crippen molar-refractivity contribution < 1.29 is 4.74 Å². The number of rotatable bonds is 6. The minimum atomic E-state index is 0.512. The zero-order chi connectivity index (χ0) is 13.2. The molecule has 3 rings (SSSR count). The molecule has 2 nitrogen and oxygen atoms in total. The summed E-state index contributed by atoms with van der Waals surface area (Å²) in [5.74, 6) is 3.91. The van der Waals surface area contributed by atoms with Crippen LogP contribution < -0.4 is 10.1 Å². The third-order valence-electron chi connectivity index (χ3n) is 4.70. The van der Waals surface area contributed by atoms with E-state index in [2.05, 4.69) is 36.5 Å². The average molecular weight is 259 g/mol. The maximum absolute atomic E-state index is 5.64. The topological polar surface area (TPSA) is 21.3 Å². The van der Waals surface area contributed by atoms with Crippen molar-refractivity contribution in [3.05, 3.63) is 29.8 Å². The molecule has 2 fully saturated rings. The molecule has 3 unspecified atom stereocenters. The van der Waals surface area contributed by atoms with Gasteiger partial charge in [0.05, 0.1) is 6.61 Å². The van der Waals surface area contributed by atoms with E-state index >= 15 is 0 Å². The lowest BCUT2D eigenvalue weighted by atomic mass is 9.89. The Bertz CT molecular complexity index is 421. The van der Waals surface area contributed by atoms with E-state index in [0.717, 1.165) is 36.7 Å². The summed E-state index contributed by atoms with van der Waals surface area (Å²) in [4.78, 5) is 0. The first-order valence-electron chi connectivity index (χ1n) is 7.78. The summed E-state index contributed by atoms with van der Waals surface area (Å²) in [5, 5.41) is 3.70. The molecule has 0 bridgehead atoms. The lowest BCUT2D eigenvalue weighted by Gasteiger charge is -2.26. The third kappa shape index (κ3) is 2.79. The lowest BCUT2D eigenvalue weighted by molar-refractivity contribution is 0.331. The van der Waals surface area contributed by atoms with Gasteiger partial charge in [0.25, 0.3) is 0 Å². The van der Waals surface area contributed by atoms with Crippen molar-refractivity contribution in [2.45, 2.75) is 39.2 Å². The Morgan fingerprint density at radius 3 is 2.68 bits per heavy atom. The van der Waals surface area contributed by atoms with Crippen LogP contribution in [0.25, 0.3) is 0 Å². The molecule has 1 aromatic carbocycles. The van der Waals surface area contributed by atoms with Gasteiger partial charge >= 0.3 is 0 Å². The number of fused-ring (bicyclic) bond motifs is 1. The van der Waals surface area contributed by atoms with Crippen molar-refractivity contribution in [1.29, 1.82) is 0 Å². The smallest absolute Gasteiger partial charge is 0.119 e. The Labute approximate surface area is 116 Å². The summed E-state index contributed by atoms with van der Waals surface area (Å²) in [7, 11) is 0. The first-order chi connectivity index (χ1) is 9.31. The van der Waals surface area contributed by atoms with Gasteiger partial charge in [-0.2, -0.15) is 0 Å². The Balaban J connectivity index is 1.76. The molecule has 3 atom stereocenters. The molecule has 19 heavy (non-hydrogen) atoms. The molecule has 2 saturated carbocycles. The molecular weight excluding hydrogens is 234 g/mol. The predicted molar refractivity (Wildman–Crippen MR) is 78.3 cm³/mol. The zero-order valence-electron chi connectivity index (χ0n) is 12.1. The van der Waals surface area contributed by atoms with E-state index in [4.69, 9.17) is 4.74 Å². The molecule has 0 saturated heterocycles. The molecule has 1 aromatic rings. The summed E-state index contributed by atoms with van der Waals surface area (Å²) >= 11 is 0. The van der Waals surface area contributed by atoms with Gasteiger partial charge in [-0.05, 0) is 68.2 Å². The second-order valence-corrected chi connectivity index (χ2v) is 6.03. The summed E-state index contributed by atoms with van der Waals surface area (Å²) in [6, 6.07) is 9.17. The van der Waals surface area contributed by atoms with Crippen LogP contribution in [0.3, 0.4) is 0 Å². The summed E-state index contributed by atoms with van der Waals surface area (Å²) < 4.78 is 5.64. The minimum absolute atomic E-state index is 0.512. The maximum atomic E-state index is 5.64. The van der Waals surface area contributed by atoms with Gasteiger partial charge in [-0.1, -0.05) is 19.1 Å². The van der Waals surface area contributed by atoms with Crippen molar-refractivity contribution in [2.24, 2.45) is 17.8 Å². The standard InChI is InChI=1S/C17H25NO/c1-3-18-17(15-9-13-8-14(13)10-15)12-6-5-7-16(11-12)19-4-2/h5-7,11,13-15,17-18H,3-4,8-10H2,1-2H3. The van der Waals surface area contributed by atoms with Gasteiger partial charge in [-0.15, -0.1) is 0 Å².